The highest BCUT2D eigenvalue weighted by atomic mass is 16.5. The maximum Gasteiger partial charge on any atom is 0.221 e. The Bertz CT molecular complexity index is 589. The van der Waals surface area contributed by atoms with Crippen LogP contribution in [0.4, 0.5) is 0 Å². The zero-order chi connectivity index (χ0) is 17.3. The number of ether oxygens (including phenoxy) is 1. The molecule has 1 atom stereocenters. The number of terminal acetylenes is 1. The third kappa shape index (κ3) is 6.49. The van der Waals surface area contributed by atoms with Gasteiger partial charge in [0, 0.05) is 38.3 Å². The van der Waals surface area contributed by atoms with Crippen LogP contribution in [0.3, 0.4) is 0 Å². The van der Waals surface area contributed by atoms with Crippen molar-refractivity contribution in [1.82, 2.24) is 5.32 Å². The molecule has 6 nitrogen and oxygen atoms in total. The molecule has 0 saturated carbocycles. The largest absolute Gasteiger partial charge is 0.375 e. The lowest BCUT2D eigenvalue weighted by molar-refractivity contribution is -0.121. The van der Waals surface area contributed by atoms with Crippen molar-refractivity contribution in [2.45, 2.75) is 44.0 Å². The first-order chi connectivity index (χ1) is 11.6. The molecule has 0 fully saturated rings. The number of nitrogens with zero attached hydrogens (tertiary/aromatic N) is 2. The molecule has 24 heavy (non-hydrogen) atoms. The zero-order valence-electron chi connectivity index (χ0n) is 13.8. The monoisotopic (exact) mass is 328 g/mol. The summed E-state index contributed by atoms with van der Waals surface area (Å²) in [5.41, 5.74) is 6.66. The minimum Gasteiger partial charge on any atom is -0.375 e. The molecule has 0 aromatic heterocycles. The minimum absolute atomic E-state index is 0.0847. The summed E-state index contributed by atoms with van der Waals surface area (Å²) < 4.78 is 5.54. The highest BCUT2D eigenvalue weighted by Crippen LogP contribution is 2.35. The quantitative estimate of drug-likeness (QED) is 0.609. The van der Waals surface area contributed by atoms with Crippen LogP contribution in [0, 0.1) is 12.3 Å². The molecule has 6 heteroatoms. The molecule has 0 aliphatic carbocycles. The second-order valence-corrected chi connectivity index (χ2v) is 5.95. The van der Waals surface area contributed by atoms with E-state index in [9.17, 15) is 4.79 Å². The average Bonchev–Trinajstić information content (AvgIpc) is 3.34. The molecular formula is C18H24N4O2. The fourth-order valence-corrected chi connectivity index (χ4v) is 2.34. The molecule has 1 aromatic carbocycles. The van der Waals surface area contributed by atoms with Crippen LogP contribution >= 0.6 is 0 Å². The Kier molecular flexibility index (Phi) is 6.91. The van der Waals surface area contributed by atoms with Crippen LogP contribution in [0.1, 0.15) is 31.2 Å². The minimum atomic E-state index is -0.361. The van der Waals surface area contributed by atoms with Crippen molar-refractivity contribution in [3.8, 4) is 12.3 Å². The lowest BCUT2D eigenvalue weighted by Gasteiger charge is -2.13. The molecular weight excluding hydrogens is 304 g/mol. The van der Waals surface area contributed by atoms with E-state index in [2.05, 4.69) is 21.5 Å². The molecule has 0 spiro atoms. The topological polar surface area (TPSA) is 89.1 Å². The van der Waals surface area contributed by atoms with Crippen LogP contribution in [0.25, 0.3) is 0 Å². The van der Waals surface area contributed by atoms with Gasteiger partial charge in [-0.25, -0.2) is 0 Å². The summed E-state index contributed by atoms with van der Waals surface area (Å²) in [5, 5.41) is 10.9. The molecule has 0 unspecified atom stereocenters. The SMILES string of the molecule is C#CCCC1(CCNC(=O)C[C@H](N)COCc2ccccc2)N=N1. The molecule has 1 amide bonds. The number of carbonyl (C=O) groups excluding carboxylic acids is 1. The molecule has 0 saturated heterocycles. The van der Waals surface area contributed by atoms with Crippen LogP contribution in [0.2, 0.25) is 0 Å². The summed E-state index contributed by atoms with van der Waals surface area (Å²) in [4.78, 5) is 11.9. The highest BCUT2D eigenvalue weighted by Gasteiger charge is 2.38. The molecule has 1 aliphatic rings. The van der Waals surface area contributed by atoms with E-state index in [4.69, 9.17) is 16.9 Å². The normalized spacial score (nSPS) is 15.5. The maximum absolute atomic E-state index is 11.9. The van der Waals surface area contributed by atoms with E-state index >= 15 is 0 Å². The summed E-state index contributed by atoms with van der Waals surface area (Å²) >= 11 is 0. The van der Waals surface area contributed by atoms with Gasteiger partial charge in [-0.05, 0) is 5.56 Å². The van der Waals surface area contributed by atoms with Gasteiger partial charge in [0.15, 0.2) is 5.66 Å². The number of benzene rings is 1. The predicted molar refractivity (Wildman–Crippen MR) is 92.0 cm³/mol. The third-order valence-electron chi connectivity index (χ3n) is 3.79. The summed E-state index contributed by atoms with van der Waals surface area (Å²) in [5.74, 6) is 2.50. The molecule has 1 aliphatic heterocycles. The van der Waals surface area contributed by atoms with Crippen molar-refractivity contribution < 1.29 is 9.53 Å². The molecule has 0 radical (unpaired) electrons. The molecule has 2 rings (SSSR count). The molecule has 128 valence electrons. The second-order valence-electron chi connectivity index (χ2n) is 5.95. The number of nitrogens with one attached hydrogen (secondary N) is 1. The molecule has 1 heterocycles. The van der Waals surface area contributed by atoms with Crippen LogP contribution in [0.5, 0.6) is 0 Å². The first-order valence-corrected chi connectivity index (χ1v) is 8.15. The van der Waals surface area contributed by atoms with Crippen LogP contribution in [-0.2, 0) is 16.1 Å². The van der Waals surface area contributed by atoms with Gasteiger partial charge in [0.05, 0.1) is 13.2 Å². The lowest BCUT2D eigenvalue weighted by atomic mass is 10.0. The van der Waals surface area contributed by atoms with Crippen molar-refractivity contribution in [2.75, 3.05) is 13.2 Å². The summed E-state index contributed by atoms with van der Waals surface area (Å²) in [6.45, 7) is 1.37. The van der Waals surface area contributed by atoms with Crippen LogP contribution in [-0.4, -0.2) is 30.8 Å². The first-order valence-electron chi connectivity index (χ1n) is 8.15. The maximum atomic E-state index is 11.9. The van der Waals surface area contributed by atoms with Crippen molar-refractivity contribution in [3.05, 3.63) is 35.9 Å². The second kappa shape index (κ2) is 9.16. The number of amides is 1. The lowest BCUT2D eigenvalue weighted by Crippen LogP contribution is -2.36. The van der Waals surface area contributed by atoms with E-state index < -0.39 is 0 Å². The Morgan fingerprint density at radius 3 is 2.75 bits per heavy atom. The number of carbonyl (C=O) groups is 1. The zero-order valence-corrected chi connectivity index (χ0v) is 13.8. The van der Waals surface area contributed by atoms with Crippen molar-refractivity contribution in [3.63, 3.8) is 0 Å². The van der Waals surface area contributed by atoms with Gasteiger partial charge < -0.3 is 15.8 Å². The van der Waals surface area contributed by atoms with E-state index in [-0.39, 0.29) is 24.0 Å². The van der Waals surface area contributed by atoms with Gasteiger partial charge in [-0.1, -0.05) is 30.3 Å². The fraction of sp³-hybridized carbons (Fsp3) is 0.500. The highest BCUT2D eigenvalue weighted by molar-refractivity contribution is 5.76. The van der Waals surface area contributed by atoms with E-state index in [0.29, 0.717) is 32.6 Å². The number of rotatable bonds is 11. The van der Waals surface area contributed by atoms with Gasteiger partial charge in [0.1, 0.15) is 0 Å². The van der Waals surface area contributed by atoms with Gasteiger partial charge in [0.2, 0.25) is 5.91 Å². The fourth-order valence-electron chi connectivity index (χ4n) is 2.34. The van der Waals surface area contributed by atoms with Gasteiger partial charge in [-0.3, -0.25) is 4.79 Å². The van der Waals surface area contributed by atoms with E-state index in [0.717, 1.165) is 12.0 Å². The molecule has 0 bridgehead atoms. The van der Waals surface area contributed by atoms with Gasteiger partial charge >= 0.3 is 0 Å². The Balaban J connectivity index is 1.54. The van der Waals surface area contributed by atoms with Gasteiger partial charge in [-0.2, -0.15) is 10.2 Å². The van der Waals surface area contributed by atoms with E-state index in [1.807, 2.05) is 30.3 Å². The summed E-state index contributed by atoms with van der Waals surface area (Å²) in [6.07, 6.45) is 7.55. The Morgan fingerprint density at radius 2 is 2.08 bits per heavy atom. The first kappa shape index (κ1) is 18.1. The van der Waals surface area contributed by atoms with Gasteiger partial charge in [0.25, 0.3) is 0 Å². The van der Waals surface area contributed by atoms with Crippen LogP contribution in [0.15, 0.2) is 40.6 Å². The number of hydrogen-bond acceptors (Lipinski definition) is 5. The Morgan fingerprint density at radius 1 is 1.33 bits per heavy atom. The number of nitrogens with two attached hydrogens (primary N) is 1. The smallest absolute Gasteiger partial charge is 0.221 e. The summed E-state index contributed by atoms with van der Waals surface area (Å²) in [6, 6.07) is 9.53. The number of hydrogen-bond donors (Lipinski definition) is 2. The molecule has 3 N–H and O–H groups in total. The van der Waals surface area contributed by atoms with Gasteiger partial charge in [-0.15, -0.1) is 12.3 Å². The standard InChI is InChI=1S/C18H24N4O2/c1-2-3-9-18(21-22-18)10-11-20-17(23)12-16(19)14-24-13-15-7-5-4-6-8-15/h1,4-8,16H,3,9-14,19H2,(H,20,23)/t16-/m0/s1. The van der Waals surface area contributed by atoms with Crippen molar-refractivity contribution >= 4 is 5.91 Å². The van der Waals surface area contributed by atoms with Crippen molar-refractivity contribution in [1.29, 1.82) is 0 Å². The van der Waals surface area contributed by atoms with E-state index in [1.54, 1.807) is 0 Å². The predicted octanol–water partition coefficient (Wildman–Crippen LogP) is 2.00. The van der Waals surface area contributed by atoms with E-state index in [1.165, 1.54) is 0 Å². The molecule has 1 aromatic rings. The van der Waals surface area contributed by atoms with Crippen LogP contribution < -0.4 is 11.1 Å². The Hall–Kier alpha value is -2.23. The van der Waals surface area contributed by atoms with Crippen molar-refractivity contribution in [2.24, 2.45) is 16.0 Å². The Labute approximate surface area is 142 Å². The average molecular weight is 328 g/mol. The summed E-state index contributed by atoms with van der Waals surface area (Å²) in [7, 11) is 0. The third-order valence-corrected chi connectivity index (χ3v) is 3.79.